The number of aromatic nitrogens is 4. The van der Waals surface area contributed by atoms with Crippen LogP contribution >= 0.6 is 11.3 Å². The lowest BCUT2D eigenvalue weighted by molar-refractivity contribution is 0.0961. The van der Waals surface area contributed by atoms with Crippen LogP contribution in [-0.4, -0.2) is 26.0 Å². The minimum absolute atomic E-state index is 0.0238. The fourth-order valence-electron chi connectivity index (χ4n) is 1.67. The lowest BCUT2D eigenvalue weighted by Crippen LogP contribution is -2.13. The molecule has 3 aromatic rings. The van der Waals surface area contributed by atoms with E-state index in [1.165, 1.54) is 40.4 Å². The van der Waals surface area contributed by atoms with Gasteiger partial charge < -0.3 is 0 Å². The van der Waals surface area contributed by atoms with Gasteiger partial charge in [-0.2, -0.15) is 4.80 Å². The van der Waals surface area contributed by atoms with E-state index >= 15 is 0 Å². The number of tetrazole rings is 1. The first-order valence-electron chi connectivity index (χ1n) is 5.83. The van der Waals surface area contributed by atoms with Crippen LogP contribution in [0.3, 0.4) is 0 Å². The SMILES string of the molecule is O=C(Cn1nnc(-c2cccs2)n1)c1ccc(F)cc1. The van der Waals surface area contributed by atoms with Crippen molar-refractivity contribution in [1.29, 1.82) is 0 Å². The molecule has 5 nitrogen and oxygen atoms in total. The van der Waals surface area contributed by atoms with Crippen LogP contribution in [0.15, 0.2) is 41.8 Å². The number of rotatable bonds is 4. The molecule has 0 saturated carbocycles. The number of Topliss-reactive ketones (excluding diaryl/α,β-unsaturated/α-hetero) is 1. The molecular formula is C13H9FN4OS. The van der Waals surface area contributed by atoms with Crippen molar-refractivity contribution in [3.63, 3.8) is 0 Å². The Morgan fingerprint density at radius 3 is 2.75 bits per heavy atom. The molecule has 20 heavy (non-hydrogen) atoms. The van der Waals surface area contributed by atoms with E-state index in [0.29, 0.717) is 11.4 Å². The number of hydrogen-bond acceptors (Lipinski definition) is 5. The second kappa shape index (κ2) is 5.30. The first-order chi connectivity index (χ1) is 9.72. The van der Waals surface area contributed by atoms with E-state index in [9.17, 15) is 9.18 Å². The summed E-state index contributed by atoms with van der Waals surface area (Å²) in [4.78, 5) is 14.1. The van der Waals surface area contributed by atoms with Crippen molar-refractivity contribution in [3.05, 3.63) is 53.2 Å². The van der Waals surface area contributed by atoms with Crippen molar-refractivity contribution in [2.75, 3.05) is 0 Å². The van der Waals surface area contributed by atoms with Gasteiger partial charge in [-0.15, -0.1) is 21.5 Å². The molecule has 0 amide bonds. The average Bonchev–Trinajstić information content (AvgIpc) is 3.09. The van der Waals surface area contributed by atoms with Gasteiger partial charge in [-0.3, -0.25) is 4.79 Å². The van der Waals surface area contributed by atoms with Gasteiger partial charge in [0.15, 0.2) is 5.78 Å². The van der Waals surface area contributed by atoms with Crippen LogP contribution in [0.1, 0.15) is 10.4 Å². The maximum Gasteiger partial charge on any atom is 0.214 e. The third-order valence-corrected chi connectivity index (χ3v) is 3.51. The van der Waals surface area contributed by atoms with Crippen molar-refractivity contribution in [2.24, 2.45) is 0 Å². The predicted octanol–water partition coefficient (Wildman–Crippen LogP) is 2.42. The Kier molecular flexibility index (Phi) is 3.34. The van der Waals surface area contributed by atoms with E-state index < -0.39 is 0 Å². The Labute approximate surface area is 117 Å². The second-order valence-corrected chi connectivity index (χ2v) is 5.00. The summed E-state index contributed by atoms with van der Waals surface area (Å²) in [6, 6.07) is 9.15. The number of halogens is 1. The van der Waals surface area contributed by atoms with Gasteiger partial charge in [0.2, 0.25) is 5.82 Å². The lowest BCUT2D eigenvalue weighted by atomic mass is 10.1. The lowest BCUT2D eigenvalue weighted by Gasteiger charge is -1.99. The Morgan fingerprint density at radius 2 is 2.05 bits per heavy atom. The molecule has 2 aromatic heterocycles. The van der Waals surface area contributed by atoms with Crippen LogP contribution in [0, 0.1) is 5.82 Å². The maximum atomic E-state index is 12.8. The zero-order valence-electron chi connectivity index (χ0n) is 10.2. The number of carbonyl (C=O) groups excluding carboxylic acids is 1. The number of benzene rings is 1. The molecule has 0 spiro atoms. The number of hydrogen-bond donors (Lipinski definition) is 0. The molecule has 2 heterocycles. The van der Waals surface area contributed by atoms with E-state index in [0.717, 1.165) is 4.88 Å². The van der Waals surface area contributed by atoms with Gasteiger partial charge in [-0.25, -0.2) is 4.39 Å². The van der Waals surface area contributed by atoms with Crippen molar-refractivity contribution in [1.82, 2.24) is 20.2 Å². The fourth-order valence-corrected chi connectivity index (χ4v) is 2.32. The van der Waals surface area contributed by atoms with Gasteiger partial charge in [0.25, 0.3) is 0 Å². The highest BCUT2D eigenvalue weighted by Gasteiger charge is 2.11. The zero-order valence-corrected chi connectivity index (χ0v) is 11.0. The Balaban J connectivity index is 1.75. The van der Waals surface area contributed by atoms with Crippen molar-refractivity contribution < 1.29 is 9.18 Å². The summed E-state index contributed by atoms with van der Waals surface area (Å²) in [6.45, 7) is -0.0238. The summed E-state index contributed by atoms with van der Waals surface area (Å²) in [6.07, 6.45) is 0. The van der Waals surface area contributed by atoms with Crippen LogP contribution in [-0.2, 0) is 6.54 Å². The van der Waals surface area contributed by atoms with E-state index in [2.05, 4.69) is 15.4 Å². The fraction of sp³-hybridized carbons (Fsp3) is 0.0769. The van der Waals surface area contributed by atoms with Crippen LogP contribution in [0.25, 0.3) is 10.7 Å². The first kappa shape index (κ1) is 12.6. The normalized spacial score (nSPS) is 10.7. The Morgan fingerprint density at radius 1 is 1.25 bits per heavy atom. The van der Waals surface area contributed by atoms with E-state index in [4.69, 9.17) is 0 Å². The van der Waals surface area contributed by atoms with Crippen LogP contribution < -0.4 is 0 Å². The average molecular weight is 288 g/mol. The number of nitrogens with zero attached hydrogens (tertiary/aromatic N) is 4. The molecule has 0 unspecified atom stereocenters. The highest BCUT2D eigenvalue weighted by atomic mass is 32.1. The van der Waals surface area contributed by atoms with E-state index in [-0.39, 0.29) is 18.1 Å². The molecule has 0 radical (unpaired) electrons. The van der Waals surface area contributed by atoms with Crippen molar-refractivity contribution in [3.8, 4) is 10.7 Å². The molecule has 3 rings (SSSR count). The minimum atomic E-state index is -0.375. The Bertz CT molecular complexity index is 721. The zero-order chi connectivity index (χ0) is 13.9. The van der Waals surface area contributed by atoms with E-state index in [1.807, 2.05) is 17.5 Å². The van der Waals surface area contributed by atoms with Gasteiger partial charge in [0.1, 0.15) is 12.4 Å². The summed E-state index contributed by atoms with van der Waals surface area (Å²) in [7, 11) is 0. The molecule has 0 aliphatic heterocycles. The van der Waals surface area contributed by atoms with Gasteiger partial charge in [0.05, 0.1) is 4.88 Å². The number of carbonyl (C=O) groups is 1. The second-order valence-electron chi connectivity index (χ2n) is 4.05. The smallest absolute Gasteiger partial charge is 0.214 e. The standard InChI is InChI=1S/C13H9FN4OS/c14-10-5-3-9(4-6-10)11(19)8-18-16-13(15-17-18)12-2-1-7-20-12/h1-7H,8H2. The largest absolute Gasteiger partial charge is 0.292 e. The quantitative estimate of drug-likeness (QED) is 0.692. The summed E-state index contributed by atoms with van der Waals surface area (Å²) >= 11 is 1.50. The molecule has 0 saturated heterocycles. The maximum absolute atomic E-state index is 12.8. The Hall–Kier alpha value is -2.41. The highest BCUT2D eigenvalue weighted by Crippen LogP contribution is 2.19. The van der Waals surface area contributed by atoms with E-state index in [1.54, 1.807) is 0 Å². The molecule has 0 bridgehead atoms. The summed E-state index contributed by atoms with van der Waals surface area (Å²) in [5.41, 5.74) is 0.418. The molecule has 0 fully saturated rings. The van der Waals surface area contributed by atoms with Gasteiger partial charge in [-0.1, -0.05) is 6.07 Å². The molecule has 7 heteroatoms. The van der Waals surface area contributed by atoms with Crippen LogP contribution in [0.5, 0.6) is 0 Å². The molecule has 0 aliphatic carbocycles. The first-order valence-corrected chi connectivity index (χ1v) is 6.71. The molecule has 0 N–H and O–H groups in total. The van der Waals surface area contributed by atoms with Gasteiger partial charge in [-0.05, 0) is 40.9 Å². The third kappa shape index (κ3) is 2.62. The highest BCUT2D eigenvalue weighted by molar-refractivity contribution is 7.13. The predicted molar refractivity (Wildman–Crippen MR) is 71.9 cm³/mol. The topological polar surface area (TPSA) is 60.7 Å². The summed E-state index contributed by atoms with van der Waals surface area (Å²) in [5, 5.41) is 13.8. The molecular weight excluding hydrogens is 279 g/mol. The summed E-state index contributed by atoms with van der Waals surface area (Å²) < 4.78 is 12.8. The van der Waals surface area contributed by atoms with Crippen molar-refractivity contribution >= 4 is 17.1 Å². The molecule has 0 atom stereocenters. The third-order valence-electron chi connectivity index (χ3n) is 2.65. The van der Waals surface area contributed by atoms with Crippen molar-refractivity contribution in [2.45, 2.75) is 6.54 Å². The van der Waals surface area contributed by atoms with Gasteiger partial charge in [0, 0.05) is 5.56 Å². The number of thiophene rings is 1. The summed E-state index contributed by atoms with van der Waals surface area (Å²) in [5.74, 6) is -0.0764. The molecule has 100 valence electrons. The molecule has 1 aromatic carbocycles. The molecule has 0 aliphatic rings. The minimum Gasteiger partial charge on any atom is -0.292 e. The van der Waals surface area contributed by atoms with Crippen LogP contribution in [0.4, 0.5) is 4.39 Å². The van der Waals surface area contributed by atoms with Crippen LogP contribution in [0.2, 0.25) is 0 Å². The van der Waals surface area contributed by atoms with Gasteiger partial charge >= 0.3 is 0 Å². The number of ketones is 1. The monoisotopic (exact) mass is 288 g/mol.